The molecule has 0 spiro atoms. The van der Waals surface area contributed by atoms with Gasteiger partial charge >= 0.3 is 0 Å². The van der Waals surface area contributed by atoms with Crippen LogP contribution in [0.5, 0.6) is 0 Å². The highest BCUT2D eigenvalue weighted by Gasteiger charge is 2.50. The second-order valence-electron chi connectivity index (χ2n) is 16.5. The van der Waals surface area contributed by atoms with Gasteiger partial charge in [-0.2, -0.15) is 30.1 Å². The van der Waals surface area contributed by atoms with Crippen LogP contribution < -0.4 is 4.90 Å². The molecule has 6 rings (SSSR count). The molecule has 0 amide bonds. The van der Waals surface area contributed by atoms with Crippen LogP contribution in [0, 0.1) is 0 Å². The molecule has 0 N–H and O–H groups in total. The lowest BCUT2D eigenvalue weighted by atomic mass is 9.86. The first-order valence-electron chi connectivity index (χ1n) is 14.6. The molecular weight excluding hydrogens is 543 g/mol. The predicted molar refractivity (Wildman–Crippen MR) is 185 cm³/mol. The first-order valence-corrected chi connectivity index (χ1v) is 21.9. The van der Waals surface area contributed by atoms with E-state index in [9.17, 15) is 0 Å². The lowest BCUT2D eigenvalue weighted by Gasteiger charge is -2.58. The molecule has 218 valence electrons. The second kappa shape index (κ2) is 7.91. The number of hydrogen-bond donors (Lipinski definition) is 0. The molecule has 3 heterocycles. The Hall–Kier alpha value is -1.49. The molecule has 4 heteroatoms. The van der Waals surface area contributed by atoms with Gasteiger partial charge in [0.1, 0.15) is 0 Å². The van der Waals surface area contributed by atoms with Crippen molar-refractivity contribution in [3.8, 4) is 0 Å². The van der Waals surface area contributed by atoms with Gasteiger partial charge in [-0.15, -0.1) is 0 Å². The van der Waals surface area contributed by atoms with E-state index in [1.165, 1.54) is 33.8 Å². The van der Waals surface area contributed by atoms with Crippen molar-refractivity contribution in [1.82, 2.24) is 0 Å². The van der Waals surface area contributed by atoms with Crippen LogP contribution in [0.4, 0.5) is 17.1 Å². The van der Waals surface area contributed by atoms with Gasteiger partial charge in [0.2, 0.25) is 0 Å². The molecule has 3 aromatic carbocycles. The van der Waals surface area contributed by atoms with Gasteiger partial charge in [0.15, 0.2) is 0 Å². The Morgan fingerprint density at radius 3 is 0.700 bits per heavy atom. The molecule has 0 unspecified atom stereocenters. The molecule has 0 saturated heterocycles. The quantitative estimate of drug-likeness (QED) is 0.251. The summed E-state index contributed by atoms with van der Waals surface area (Å²) in [5.74, 6) is 0. The Labute approximate surface area is 249 Å². The van der Waals surface area contributed by atoms with E-state index in [0.29, 0.717) is 0 Å². The second-order valence-corrected chi connectivity index (χ2v) is 27.1. The van der Waals surface area contributed by atoms with Crippen molar-refractivity contribution in [2.45, 2.75) is 108 Å². The Kier molecular flexibility index (Phi) is 5.66. The Morgan fingerprint density at radius 2 is 0.550 bits per heavy atom. The summed E-state index contributed by atoms with van der Waals surface area (Å²) in [5.41, 5.74) is 9.32. The first-order chi connectivity index (χ1) is 18.0. The fourth-order valence-electron chi connectivity index (χ4n) is 6.73. The third-order valence-electron chi connectivity index (χ3n) is 9.69. The van der Waals surface area contributed by atoms with Crippen LogP contribution in [0.15, 0.2) is 65.8 Å². The molecule has 0 saturated carbocycles. The van der Waals surface area contributed by atoms with Gasteiger partial charge in [-0.3, -0.25) is 0 Å². The normalized spacial score (nSPS) is 21.8. The average Bonchev–Trinajstić information content (AvgIpc) is 2.79. The first kappa shape index (κ1) is 28.6. The van der Waals surface area contributed by atoms with Crippen molar-refractivity contribution >= 4 is 47.1 Å². The molecule has 0 aliphatic carbocycles. The van der Waals surface area contributed by atoms with Crippen LogP contribution in [0.3, 0.4) is 0 Å². The number of benzene rings is 3. The molecule has 0 bridgehead atoms. The zero-order chi connectivity index (χ0) is 29.7. The van der Waals surface area contributed by atoms with Crippen LogP contribution in [0.2, 0.25) is 0 Å². The van der Waals surface area contributed by atoms with Crippen molar-refractivity contribution in [1.29, 1.82) is 0 Å². The number of anilines is 3. The molecule has 3 aliphatic heterocycles. The van der Waals surface area contributed by atoms with E-state index in [2.05, 4.69) is 141 Å². The Balaban J connectivity index is 1.87. The van der Waals surface area contributed by atoms with Crippen molar-refractivity contribution < 1.29 is 0 Å². The topological polar surface area (TPSA) is 3.24 Å². The van der Waals surface area contributed by atoms with E-state index in [0.717, 1.165) is 0 Å². The molecule has 0 radical (unpaired) electrons. The van der Waals surface area contributed by atoms with E-state index < -0.39 is 30.1 Å². The number of hydrogen-bond acceptors (Lipinski definition) is 1. The van der Waals surface area contributed by atoms with E-state index in [1.54, 1.807) is 29.4 Å². The van der Waals surface area contributed by atoms with Crippen molar-refractivity contribution in [3.05, 3.63) is 53.1 Å². The summed E-state index contributed by atoms with van der Waals surface area (Å²) in [4.78, 5) is 12.3. The Bertz CT molecular complexity index is 1340. The zero-order valence-corrected chi connectivity index (χ0v) is 30.1. The summed E-state index contributed by atoms with van der Waals surface area (Å²) in [6.45, 7) is 21.5. The van der Waals surface area contributed by atoms with Crippen molar-refractivity contribution in [2.75, 3.05) is 42.4 Å². The summed E-state index contributed by atoms with van der Waals surface area (Å²) in [6.07, 6.45) is 15.5. The monoisotopic (exact) mass is 593 g/mol. The zero-order valence-electron chi connectivity index (χ0n) is 27.6. The van der Waals surface area contributed by atoms with E-state index in [4.69, 9.17) is 0 Å². The molecule has 3 aromatic rings. The summed E-state index contributed by atoms with van der Waals surface area (Å²) >= 11 is 0. The molecule has 40 heavy (non-hydrogen) atoms. The van der Waals surface area contributed by atoms with E-state index in [-0.39, 0.29) is 16.2 Å². The average molecular weight is 594 g/mol. The van der Waals surface area contributed by atoms with Gasteiger partial charge in [0, 0.05) is 29.4 Å². The minimum Gasteiger partial charge on any atom is -0.304 e. The fourth-order valence-corrected chi connectivity index (χ4v) is 14.3. The van der Waals surface area contributed by atoms with Gasteiger partial charge in [-0.25, -0.2) is 0 Å². The van der Waals surface area contributed by atoms with Crippen molar-refractivity contribution in [2.24, 2.45) is 0 Å². The van der Waals surface area contributed by atoms with E-state index in [1.807, 2.05) is 0 Å². The summed E-state index contributed by atoms with van der Waals surface area (Å²) in [5, 5.41) is 0. The van der Waals surface area contributed by atoms with Crippen LogP contribution in [-0.2, 0) is 16.2 Å². The molecule has 1 nitrogen and oxygen atoms in total. The highest BCUT2D eigenvalue weighted by atomic mass is 32.3. The van der Waals surface area contributed by atoms with E-state index >= 15 is 0 Å². The van der Waals surface area contributed by atoms with Gasteiger partial charge < -0.3 is 4.90 Å². The highest BCUT2D eigenvalue weighted by molar-refractivity contribution is 8.34. The summed E-state index contributed by atoms with van der Waals surface area (Å²) in [7, 11) is -3.72. The maximum absolute atomic E-state index is 2.78. The van der Waals surface area contributed by atoms with Gasteiger partial charge in [0.05, 0.1) is 17.1 Å². The molecule has 0 aromatic heterocycles. The minimum absolute atomic E-state index is 0.0992. The number of nitrogens with zero attached hydrogens (tertiary/aromatic N) is 1. The fraction of sp³-hybridized carbons (Fsp3) is 0.500. The van der Waals surface area contributed by atoms with Crippen LogP contribution in [-0.4, -0.2) is 37.5 Å². The van der Waals surface area contributed by atoms with Crippen LogP contribution in [0.1, 0.15) is 79.0 Å². The third-order valence-corrected chi connectivity index (χ3v) is 18.2. The van der Waals surface area contributed by atoms with Crippen molar-refractivity contribution in [3.63, 3.8) is 0 Å². The van der Waals surface area contributed by atoms with Gasteiger partial charge in [0.25, 0.3) is 0 Å². The Morgan fingerprint density at radius 1 is 0.375 bits per heavy atom. The predicted octanol–water partition coefficient (Wildman–Crippen LogP) is 11.4. The smallest absolute Gasteiger partial charge is 0.0711 e. The maximum Gasteiger partial charge on any atom is 0.0711 e. The maximum atomic E-state index is 2.78. The molecular formula is C36H51NS3. The van der Waals surface area contributed by atoms with Crippen LogP contribution >= 0.6 is 30.1 Å². The largest absolute Gasteiger partial charge is 0.304 e. The van der Waals surface area contributed by atoms with Crippen LogP contribution in [0.25, 0.3) is 0 Å². The molecule has 3 aliphatic rings. The summed E-state index contributed by atoms with van der Waals surface area (Å²) < 4.78 is 0. The third kappa shape index (κ3) is 3.64. The molecule has 0 fully saturated rings. The lowest BCUT2D eigenvalue weighted by molar-refractivity contribution is 0.584. The standard InChI is InChI=1S/C36H51NS3/c1-34(2,3)22-16-25-31-26(17-22)39(12,13)28-19-24(36(7,8)9)21-30-33(28)37(31)32-27(38(25,10)11)18-23(35(4,5)6)20-29(32)40(30,14)15/h16-21H,1-15H3. The number of rotatable bonds is 0. The summed E-state index contributed by atoms with van der Waals surface area (Å²) in [6, 6.07) is 15.6. The minimum atomic E-state index is -1.24. The highest BCUT2D eigenvalue weighted by Crippen LogP contribution is 2.82. The SMILES string of the molecule is CC(C)(C)c1cc2c3c(c1)S(C)(C)c1cc(C(C)(C)C)cc4c1N3c1c(cc(C(C)(C)C)cc1S4(C)C)S2(C)C. The van der Waals surface area contributed by atoms with Gasteiger partial charge in [-0.05, 0) is 107 Å². The lowest BCUT2D eigenvalue weighted by Crippen LogP contribution is -2.33. The van der Waals surface area contributed by atoms with Gasteiger partial charge in [-0.1, -0.05) is 62.3 Å². The molecule has 0 atom stereocenters.